The molecule has 1 unspecified atom stereocenters. The van der Waals surface area contributed by atoms with Crippen LogP contribution in [0.2, 0.25) is 0 Å². The molecular weight excluding hydrogens is 456 g/mol. The normalized spacial score (nSPS) is 17.6. The van der Waals surface area contributed by atoms with Gasteiger partial charge in [-0.3, -0.25) is 4.79 Å². The molecule has 1 saturated heterocycles. The van der Waals surface area contributed by atoms with Crippen molar-refractivity contribution in [2.45, 2.75) is 30.2 Å². The number of methoxy groups -OCH3 is 1. The third kappa shape index (κ3) is 4.11. The van der Waals surface area contributed by atoms with Gasteiger partial charge in [0.15, 0.2) is 0 Å². The second kappa shape index (κ2) is 8.26. The van der Waals surface area contributed by atoms with E-state index in [9.17, 15) is 22.0 Å². The molecule has 0 aliphatic carbocycles. The zero-order chi connectivity index (χ0) is 20.5. The second-order valence-electron chi connectivity index (χ2n) is 6.44. The number of carbonyl (C=O) groups excluding carboxylic acids is 1. The molecule has 2 aromatic carbocycles. The predicted molar refractivity (Wildman–Crippen MR) is 102 cm³/mol. The third-order valence-electron chi connectivity index (χ3n) is 4.69. The molecule has 1 fully saturated rings. The Morgan fingerprint density at radius 3 is 2.71 bits per heavy atom. The van der Waals surface area contributed by atoms with Gasteiger partial charge in [-0.1, -0.05) is 15.9 Å². The Bertz CT molecular complexity index is 1010. The zero-order valence-corrected chi connectivity index (χ0v) is 17.4. The number of carbonyl (C=O) groups is 1. The highest BCUT2D eigenvalue weighted by Crippen LogP contribution is 2.39. The maximum Gasteiger partial charge on any atom is 0.310 e. The van der Waals surface area contributed by atoms with Crippen LogP contribution in [0.15, 0.2) is 45.8 Å². The van der Waals surface area contributed by atoms with E-state index in [0.717, 1.165) is 18.2 Å². The molecule has 3 rings (SSSR count). The summed E-state index contributed by atoms with van der Waals surface area (Å²) in [7, 11) is -2.83. The van der Waals surface area contributed by atoms with E-state index in [1.54, 1.807) is 6.07 Å². The van der Waals surface area contributed by atoms with Crippen LogP contribution >= 0.6 is 15.9 Å². The van der Waals surface area contributed by atoms with Gasteiger partial charge in [-0.25, -0.2) is 17.2 Å². The number of nitrogens with zero attached hydrogens (tertiary/aromatic N) is 1. The molecular formula is C19H18BrF2NO4S. The van der Waals surface area contributed by atoms with Crippen molar-refractivity contribution < 1.29 is 26.7 Å². The van der Waals surface area contributed by atoms with Gasteiger partial charge in [-0.2, -0.15) is 4.31 Å². The fourth-order valence-electron chi connectivity index (χ4n) is 3.40. The summed E-state index contributed by atoms with van der Waals surface area (Å²) in [6, 6.07) is 6.71. The first-order chi connectivity index (χ1) is 13.2. The summed E-state index contributed by atoms with van der Waals surface area (Å²) >= 11 is 3.27. The maximum absolute atomic E-state index is 14.3. The highest BCUT2D eigenvalue weighted by molar-refractivity contribution is 9.10. The van der Waals surface area contributed by atoms with Crippen molar-refractivity contribution in [3.63, 3.8) is 0 Å². The summed E-state index contributed by atoms with van der Waals surface area (Å²) in [5.74, 6) is -1.86. The van der Waals surface area contributed by atoms with Crippen LogP contribution in [-0.4, -0.2) is 32.3 Å². The lowest BCUT2D eigenvalue weighted by atomic mass is 10.0. The highest BCUT2D eigenvalue weighted by Gasteiger charge is 2.38. The van der Waals surface area contributed by atoms with E-state index in [2.05, 4.69) is 20.7 Å². The van der Waals surface area contributed by atoms with Crippen LogP contribution in [0.4, 0.5) is 8.78 Å². The molecule has 0 aromatic heterocycles. The van der Waals surface area contributed by atoms with Crippen LogP contribution < -0.4 is 0 Å². The summed E-state index contributed by atoms with van der Waals surface area (Å²) in [6.07, 6.45) is 0.669. The van der Waals surface area contributed by atoms with Gasteiger partial charge in [0.25, 0.3) is 0 Å². The van der Waals surface area contributed by atoms with Crippen molar-refractivity contribution >= 4 is 31.9 Å². The Hall–Kier alpha value is -1.84. The van der Waals surface area contributed by atoms with Gasteiger partial charge in [0.2, 0.25) is 10.0 Å². The van der Waals surface area contributed by atoms with Gasteiger partial charge in [0.05, 0.1) is 24.5 Å². The predicted octanol–water partition coefficient (Wildman–Crippen LogP) is 3.97. The van der Waals surface area contributed by atoms with E-state index in [0.29, 0.717) is 17.3 Å². The topological polar surface area (TPSA) is 63.7 Å². The number of sulfonamides is 1. The summed E-state index contributed by atoms with van der Waals surface area (Å²) < 4.78 is 61.1. The van der Waals surface area contributed by atoms with E-state index in [1.807, 2.05) is 0 Å². The van der Waals surface area contributed by atoms with Crippen LogP contribution in [0.3, 0.4) is 0 Å². The molecule has 1 aliphatic rings. The molecule has 0 bridgehead atoms. The van der Waals surface area contributed by atoms with E-state index in [-0.39, 0.29) is 29.0 Å². The number of ether oxygens (including phenoxy) is 1. The smallest absolute Gasteiger partial charge is 0.310 e. The minimum Gasteiger partial charge on any atom is -0.469 e. The first-order valence-corrected chi connectivity index (χ1v) is 10.8. The number of hydrogen-bond donors (Lipinski definition) is 0. The minimum atomic E-state index is -4.05. The van der Waals surface area contributed by atoms with Crippen LogP contribution in [0, 0.1) is 11.6 Å². The third-order valence-corrected chi connectivity index (χ3v) is 7.19. The standard InChI is InChI=1S/C19H18BrF2NO4S/c1-27-19(24)10-12-9-13(20)4-7-18(12)28(25,26)23-8-2-3-17(23)15-11-14(21)5-6-16(15)22/h4-7,9,11,17H,2-3,8,10H2,1H3. The molecule has 0 amide bonds. The van der Waals surface area contributed by atoms with Crippen molar-refractivity contribution in [2.75, 3.05) is 13.7 Å². The highest BCUT2D eigenvalue weighted by atomic mass is 79.9. The molecule has 0 saturated carbocycles. The molecule has 150 valence electrons. The molecule has 5 nitrogen and oxygen atoms in total. The Labute approximate surface area is 170 Å². The summed E-state index contributed by atoms with van der Waals surface area (Å²) in [5, 5.41) is 0. The lowest BCUT2D eigenvalue weighted by Gasteiger charge is -2.26. The average Bonchev–Trinajstić information content (AvgIpc) is 3.14. The molecule has 9 heteroatoms. The van der Waals surface area contributed by atoms with E-state index >= 15 is 0 Å². The zero-order valence-electron chi connectivity index (χ0n) is 15.0. The van der Waals surface area contributed by atoms with Crippen molar-refractivity contribution in [3.8, 4) is 0 Å². The summed E-state index contributed by atoms with van der Waals surface area (Å²) in [4.78, 5) is 11.7. The van der Waals surface area contributed by atoms with Gasteiger partial charge in [-0.15, -0.1) is 0 Å². The van der Waals surface area contributed by atoms with Crippen LogP contribution in [0.25, 0.3) is 0 Å². The molecule has 0 radical (unpaired) electrons. The molecule has 1 atom stereocenters. The van der Waals surface area contributed by atoms with E-state index in [4.69, 9.17) is 0 Å². The average molecular weight is 474 g/mol. The lowest BCUT2D eigenvalue weighted by molar-refractivity contribution is -0.139. The van der Waals surface area contributed by atoms with Crippen molar-refractivity contribution in [1.29, 1.82) is 0 Å². The molecule has 0 N–H and O–H groups in total. The first kappa shape index (κ1) is 20.9. The number of esters is 1. The van der Waals surface area contributed by atoms with Gasteiger partial charge in [-0.05, 0) is 54.8 Å². The Balaban J connectivity index is 2.05. The van der Waals surface area contributed by atoms with Crippen LogP contribution in [0.5, 0.6) is 0 Å². The summed E-state index contributed by atoms with van der Waals surface area (Å²) in [5.41, 5.74) is 0.277. The Kier molecular flexibility index (Phi) is 6.16. The quantitative estimate of drug-likeness (QED) is 0.616. The number of rotatable bonds is 5. The fraction of sp³-hybridized carbons (Fsp3) is 0.316. The first-order valence-electron chi connectivity index (χ1n) is 8.56. The van der Waals surface area contributed by atoms with E-state index < -0.39 is 33.7 Å². The molecule has 0 spiro atoms. The van der Waals surface area contributed by atoms with Crippen molar-refractivity contribution in [2.24, 2.45) is 0 Å². The fourth-order valence-corrected chi connectivity index (χ4v) is 5.69. The monoisotopic (exact) mass is 473 g/mol. The Morgan fingerprint density at radius 1 is 1.25 bits per heavy atom. The number of hydrogen-bond acceptors (Lipinski definition) is 4. The number of halogens is 3. The second-order valence-corrected chi connectivity index (χ2v) is 9.22. The van der Waals surface area contributed by atoms with Crippen molar-refractivity contribution in [3.05, 3.63) is 63.6 Å². The largest absolute Gasteiger partial charge is 0.469 e. The molecule has 28 heavy (non-hydrogen) atoms. The van der Waals surface area contributed by atoms with Crippen LogP contribution in [-0.2, 0) is 26.0 Å². The molecule has 1 heterocycles. The van der Waals surface area contributed by atoms with Crippen LogP contribution in [0.1, 0.15) is 30.0 Å². The van der Waals surface area contributed by atoms with E-state index in [1.165, 1.54) is 23.5 Å². The lowest BCUT2D eigenvalue weighted by Crippen LogP contribution is -2.32. The molecule has 1 aliphatic heterocycles. The minimum absolute atomic E-state index is 0.00713. The van der Waals surface area contributed by atoms with Gasteiger partial charge < -0.3 is 4.74 Å². The van der Waals surface area contributed by atoms with Gasteiger partial charge in [0, 0.05) is 16.6 Å². The maximum atomic E-state index is 14.3. The SMILES string of the molecule is COC(=O)Cc1cc(Br)ccc1S(=O)(=O)N1CCCC1c1cc(F)ccc1F. The molecule has 2 aromatic rings. The summed E-state index contributed by atoms with van der Waals surface area (Å²) in [6.45, 7) is 0.177. The van der Waals surface area contributed by atoms with Gasteiger partial charge >= 0.3 is 5.97 Å². The number of benzene rings is 2. The van der Waals surface area contributed by atoms with Crippen molar-refractivity contribution in [1.82, 2.24) is 4.31 Å². The van der Waals surface area contributed by atoms with Gasteiger partial charge in [0.1, 0.15) is 11.6 Å². The Morgan fingerprint density at radius 2 is 2.00 bits per heavy atom.